The van der Waals surface area contributed by atoms with Crippen molar-refractivity contribution >= 4 is 17.4 Å². The minimum absolute atomic E-state index is 0.279. The van der Waals surface area contributed by atoms with Gasteiger partial charge in [-0.05, 0) is 32.5 Å². The van der Waals surface area contributed by atoms with Gasteiger partial charge in [-0.2, -0.15) is 0 Å². The van der Waals surface area contributed by atoms with E-state index >= 15 is 0 Å². The number of hydrogen-bond donors (Lipinski definition) is 1. The van der Waals surface area contributed by atoms with E-state index < -0.39 is 0 Å². The van der Waals surface area contributed by atoms with Crippen molar-refractivity contribution in [2.45, 2.75) is 32.0 Å². The Morgan fingerprint density at radius 2 is 2.33 bits per heavy atom. The summed E-state index contributed by atoms with van der Waals surface area (Å²) in [6.45, 7) is 3.70. The second-order valence-corrected chi connectivity index (χ2v) is 5.13. The monoisotopic (exact) mass is 269 g/mol. The van der Waals surface area contributed by atoms with Gasteiger partial charge in [-0.1, -0.05) is 11.6 Å². The van der Waals surface area contributed by atoms with E-state index in [2.05, 4.69) is 29.2 Å². The van der Waals surface area contributed by atoms with E-state index in [1.54, 1.807) is 0 Å². The molecule has 1 aromatic heterocycles. The minimum atomic E-state index is 0.279. The SMILES string of the molecule is CNc1ccc(Cl)c(CN(C)C2CCOC2C)n1. The lowest BCUT2D eigenvalue weighted by Crippen LogP contribution is -2.36. The molecule has 0 amide bonds. The van der Waals surface area contributed by atoms with Gasteiger partial charge in [-0.15, -0.1) is 0 Å². The zero-order valence-electron chi connectivity index (χ0n) is 11.1. The molecule has 2 rings (SSSR count). The fraction of sp³-hybridized carbons (Fsp3) is 0.615. The lowest BCUT2D eigenvalue weighted by molar-refractivity contribution is 0.0810. The van der Waals surface area contributed by atoms with Crippen LogP contribution in [0.2, 0.25) is 5.02 Å². The number of pyridine rings is 1. The van der Waals surface area contributed by atoms with Crippen LogP contribution in [0.1, 0.15) is 19.0 Å². The molecule has 4 nitrogen and oxygen atoms in total. The van der Waals surface area contributed by atoms with E-state index in [9.17, 15) is 0 Å². The molecule has 1 fully saturated rings. The van der Waals surface area contributed by atoms with Crippen molar-refractivity contribution in [1.82, 2.24) is 9.88 Å². The van der Waals surface area contributed by atoms with Gasteiger partial charge in [0, 0.05) is 26.2 Å². The third-order valence-electron chi connectivity index (χ3n) is 3.48. The first-order valence-electron chi connectivity index (χ1n) is 6.27. The van der Waals surface area contributed by atoms with Crippen LogP contribution in [0, 0.1) is 0 Å². The second kappa shape index (κ2) is 5.87. The number of nitrogens with one attached hydrogen (secondary N) is 1. The Morgan fingerprint density at radius 3 is 2.94 bits per heavy atom. The van der Waals surface area contributed by atoms with Gasteiger partial charge < -0.3 is 10.1 Å². The first-order valence-corrected chi connectivity index (χ1v) is 6.64. The first kappa shape index (κ1) is 13.6. The lowest BCUT2D eigenvalue weighted by Gasteiger charge is -2.26. The molecule has 0 spiro atoms. The van der Waals surface area contributed by atoms with Crippen LogP contribution >= 0.6 is 11.6 Å². The summed E-state index contributed by atoms with van der Waals surface area (Å²) in [5, 5.41) is 3.75. The molecule has 100 valence electrons. The lowest BCUT2D eigenvalue weighted by atomic mass is 10.1. The standard InChI is InChI=1S/C13H20ClN3O/c1-9-12(6-7-18-9)17(3)8-11-10(14)4-5-13(15-2)16-11/h4-5,9,12H,6-8H2,1-3H3,(H,15,16). The molecule has 0 radical (unpaired) electrons. The summed E-state index contributed by atoms with van der Waals surface area (Å²) in [4.78, 5) is 6.77. The smallest absolute Gasteiger partial charge is 0.126 e. The van der Waals surface area contributed by atoms with Gasteiger partial charge in [0.15, 0.2) is 0 Å². The normalized spacial score (nSPS) is 23.6. The van der Waals surface area contributed by atoms with Crippen molar-refractivity contribution in [3.63, 3.8) is 0 Å². The topological polar surface area (TPSA) is 37.4 Å². The maximum Gasteiger partial charge on any atom is 0.126 e. The molecule has 2 atom stereocenters. The Morgan fingerprint density at radius 1 is 1.56 bits per heavy atom. The van der Waals surface area contributed by atoms with Crippen LogP contribution in [0.15, 0.2) is 12.1 Å². The van der Waals surface area contributed by atoms with Crippen LogP contribution in [-0.2, 0) is 11.3 Å². The number of ether oxygens (including phenoxy) is 1. The Balaban J connectivity index is 2.08. The van der Waals surface area contributed by atoms with Crippen LogP contribution < -0.4 is 5.32 Å². The van der Waals surface area contributed by atoms with Crippen LogP contribution in [0.3, 0.4) is 0 Å². The number of nitrogens with zero attached hydrogens (tertiary/aromatic N) is 2. The van der Waals surface area contributed by atoms with Gasteiger partial charge in [0.2, 0.25) is 0 Å². The third kappa shape index (κ3) is 2.94. The molecule has 1 saturated heterocycles. The van der Waals surface area contributed by atoms with Gasteiger partial charge in [-0.3, -0.25) is 4.90 Å². The maximum absolute atomic E-state index is 6.19. The molecular weight excluding hydrogens is 250 g/mol. The molecule has 1 aliphatic heterocycles. The highest BCUT2D eigenvalue weighted by atomic mass is 35.5. The van der Waals surface area contributed by atoms with Crippen LogP contribution in [0.5, 0.6) is 0 Å². The van der Waals surface area contributed by atoms with Crippen LogP contribution in [-0.4, -0.2) is 42.7 Å². The van der Waals surface area contributed by atoms with Crippen molar-refractivity contribution in [3.05, 3.63) is 22.8 Å². The summed E-state index contributed by atoms with van der Waals surface area (Å²) in [6.07, 6.45) is 1.35. The molecule has 0 bridgehead atoms. The Bertz CT molecular complexity index is 413. The van der Waals surface area contributed by atoms with Crippen molar-refractivity contribution in [2.24, 2.45) is 0 Å². The average molecular weight is 270 g/mol. The summed E-state index contributed by atoms with van der Waals surface area (Å²) in [6, 6.07) is 4.21. The molecule has 0 aliphatic carbocycles. The third-order valence-corrected chi connectivity index (χ3v) is 3.82. The highest BCUT2D eigenvalue weighted by Crippen LogP contribution is 2.23. The summed E-state index contributed by atoms with van der Waals surface area (Å²) in [7, 11) is 3.95. The van der Waals surface area contributed by atoms with E-state index in [1.807, 2.05) is 19.2 Å². The number of halogens is 1. The summed E-state index contributed by atoms with van der Waals surface area (Å²) in [5.74, 6) is 0.846. The molecule has 0 aromatic carbocycles. The van der Waals surface area contributed by atoms with E-state index in [0.29, 0.717) is 11.1 Å². The molecule has 18 heavy (non-hydrogen) atoms. The summed E-state index contributed by atoms with van der Waals surface area (Å²) >= 11 is 6.19. The Hall–Kier alpha value is -0.840. The van der Waals surface area contributed by atoms with Crippen molar-refractivity contribution in [2.75, 3.05) is 26.0 Å². The molecule has 1 aliphatic rings. The van der Waals surface area contributed by atoms with Gasteiger partial charge in [0.25, 0.3) is 0 Å². The van der Waals surface area contributed by atoms with Crippen LogP contribution in [0.4, 0.5) is 5.82 Å². The predicted octanol–water partition coefficient (Wildman–Crippen LogP) is 2.39. The van der Waals surface area contributed by atoms with Crippen molar-refractivity contribution < 1.29 is 4.74 Å². The largest absolute Gasteiger partial charge is 0.377 e. The molecule has 1 aromatic rings. The number of hydrogen-bond acceptors (Lipinski definition) is 4. The zero-order valence-corrected chi connectivity index (χ0v) is 11.9. The molecule has 2 unspecified atom stereocenters. The highest BCUT2D eigenvalue weighted by Gasteiger charge is 2.28. The van der Waals surface area contributed by atoms with Gasteiger partial charge in [-0.25, -0.2) is 4.98 Å². The highest BCUT2D eigenvalue weighted by molar-refractivity contribution is 6.31. The second-order valence-electron chi connectivity index (χ2n) is 4.72. The van der Waals surface area contributed by atoms with Gasteiger partial charge in [0.1, 0.15) is 5.82 Å². The van der Waals surface area contributed by atoms with E-state index in [-0.39, 0.29) is 6.10 Å². The minimum Gasteiger partial charge on any atom is -0.377 e. The zero-order chi connectivity index (χ0) is 13.1. The predicted molar refractivity (Wildman–Crippen MR) is 74.1 cm³/mol. The Kier molecular flexibility index (Phi) is 4.43. The molecule has 2 heterocycles. The number of aromatic nitrogens is 1. The summed E-state index contributed by atoms with van der Waals surface area (Å²) < 4.78 is 5.59. The fourth-order valence-corrected chi connectivity index (χ4v) is 2.55. The Labute approximate surface area is 113 Å². The number of likely N-dealkylation sites (N-methyl/N-ethyl adjacent to an activating group) is 1. The molecule has 0 saturated carbocycles. The number of anilines is 1. The average Bonchev–Trinajstić information content (AvgIpc) is 2.78. The van der Waals surface area contributed by atoms with E-state index in [0.717, 1.165) is 31.1 Å². The van der Waals surface area contributed by atoms with Crippen molar-refractivity contribution in [1.29, 1.82) is 0 Å². The molecule has 1 N–H and O–H groups in total. The van der Waals surface area contributed by atoms with Crippen LogP contribution in [0.25, 0.3) is 0 Å². The van der Waals surface area contributed by atoms with Gasteiger partial charge in [0.05, 0.1) is 16.8 Å². The quantitative estimate of drug-likeness (QED) is 0.911. The van der Waals surface area contributed by atoms with Crippen molar-refractivity contribution in [3.8, 4) is 0 Å². The van der Waals surface area contributed by atoms with Gasteiger partial charge >= 0.3 is 0 Å². The summed E-state index contributed by atoms with van der Waals surface area (Å²) in [5.41, 5.74) is 0.908. The molecular formula is C13H20ClN3O. The molecule has 5 heteroatoms. The number of rotatable bonds is 4. The fourth-order valence-electron chi connectivity index (χ4n) is 2.39. The maximum atomic E-state index is 6.19. The first-order chi connectivity index (χ1) is 8.61. The van der Waals surface area contributed by atoms with E-state index in [4.69, 9.17) is 16.3 Å². The van der Waals surface area contributed by atoms with E-state index in [1.165, 1.54) is 0 Å².